The Balaban J connectivity index is 1.79. The molecule has 10 nitrogen and oxygen atoms in total. The Bertz CT molecular complexity index is 984. The number of carbonyl (C=O) groups excluding carboxylic acids is 1. The molecule has 0 unspecified atom stereocenters. The summed E-state index contributed by atoms with van der Waals surface area (Å²) in [6, 6.07) is 2.87. The number of carboxylic acid groups (broad SMARTS) is 1. The average Bonchev–Trinajstić information content (AvgIpc) is 3.16. The van der Waals surface area contributed by atoms with Crippen LogP contribution in [0.5, 0.6) is 5.75 Å². The molecule has 2 atom stereocenters. The third-order valence-corrected chi connectivity index (χ3v) is 5.38. The highest BCUT2D eigenvalue weighted by Gasteiger charge is 2.30. The minimum absolute atomic E-state index is 0.0178. The van der Waals surface area contributed by atoms with E-state index in [0.29, 0.717) is 31.4 Å². The van der Waals surface area contributed by atoms with Crippen LogP contribution in [0.25, 0.3) is 11.4 Å². The molecule has 180 valence electrons. The number of hydrogen-bond acceptors (Lipinski definition) is 7. The van der Waals surface area contributed by atoms with E-state index in [0.717, 1.165) is 0 Å². The summed E-state index contributed by atoms with van der Waals surface area (Å²) in [4.78, 5) is 27.1. The van der Waals surface area contributed by atoms with Crippen molar-refractivity contribution in [3.8, 4) is 17.1 Å². The third-order valence-electron chi connectivity index (χ3n) is 5.38. The van der Waals surface area contributed by atoms with Crippen molar-refractivity contribution in [3.05, 3.63) is 23.5 Å². The van der Waals surface area contributed by atoms with Crippen LogP contribution >= 0.6 is 0 Å². The lowest BCUT2D eigenvalue weighted by atomic mass is 9.87. The minimum atomic E-state index is -2.92. The Morgan fingerprint density at radius 3 is 2.82 bits per heavy atom. The van der Waals surface area contributed by atoms with Crippen molar-refractivity contribution in [1.29, 1.82) is 0 Å². The van der Waals surface area contributed by atoms with Crippen molar-refractivity contribution in [2.45, 2.75) is 58.1 Å². The van der Waals surface area contributed by atoms with Gasteiger partial charge < -0.3 is 19.9 Å². The number of carbonyl (C=O) groups is 2. The summed E-state index contributed by atoms with van der Waals surface area (Å²) < 4.78 is 39.8. The fourth-order valence-corrected chi connectivity index (χ4v) is 3.68. The lowest BCUT2D eigenvalue weighted by Gasteiger charge is -2.27. The first-order valence-corrected chi connectivity index (χ1v) is 10.8. The number of aromatic nitrogens is 4. The van der Waals surface area contributed by atoms with Crippen LogP contribution in [0.3, 0.4) is 0 Å². The molecule has 0 saturated heterocycles. The fourth-order valence-electron chi connectivity index (χ4n) is 3.68. The Morgan fingerprint density at radius 2 is 2.12 bits per heavy atom. The zero-order valence-electron chi connectivity index (χ0n) is 18.5. The van der Waals surface area contributed by atoms with Gasteiger partial charge in [-0.15, -0.1) is 5.10 Å². The summed E-state index contributed by atoms with van der Waals surface area (Å²) in [5.74, 6) is -1.55. The molecule has 1 aliphatic rings. The molecule has 0 bridgehead atoms. The van der Waals surface area contributed by atoms with Crippen LogP contribution in [0.1, 0.15) is 56.8 Å². The molecular formula is C21H27F2N5O5. The topological polar surface area (TPSA) is 128 Å². The first-order chi connectivity index (χ1) is 15.8. The van der Waals surface area contributed by atoms with Crippen molar-refractivity contribution < 1.29 is 33.0 Å². The SMILES string of the molecule is CCCOC(=O)NCc1c(-c2ccc(O[C@H]3CCC[C@H](C(=O)O)C3)c(C(F)F)n2)nnn1C. The number of alkyl halides is 2. The summed E-state index contributed by atoms with van der Waals surface area (Å²) in [7, 11) is 1.61. The molecule has 0 spiro atoms. The van der Waals surface area contributed by atoms with Crippen molar-refractivity contribution in [3.63, 3.8) is 0 Å². The predicted molar refractivity (Wildman–Crippen MR) is 112 cm³/mol. The number of rotatable bonds is 9. The van der Waals surface area contributed by atoms with Gasteiger partial charge >= 0.3 is 12.1 Å². The lowest BCUT2D eigenvalue weighted by molar-refractivity contribution is -0.143. The third kappa shape index (κ3) is 6.14. The van der Waals surface area contributed by atoms with E-state index in [-0.39, 0.29) is 36.7 Å². The zero-order chi connectivity index (χ0) is 24.0. The van der Waals surface area contributed by atoms with Crippen molar-refractivity contribution in [2.75, 3.05) is 6.61 Å². The maximum Gasteiger partial charge on any atom is 0.407 e. The number of aliphatic carboxylic acids is 1. The molecule has 3 rings (SSSR count). The Morgan fingerprint density at radius 1 is 1.33 bits per heavy atom. The van der Waals surface area contributed by atoms with Gasteiger partial charge in [0, 0.05) is 7.05 Å². The largest absolute Gasteiger partial charge is 0.488 e. The van der Waals surface area contributed by atoms with Gasteiger partial charge in [0.05, 0.1) is 36.6 Å². The fraction of sp³-hybridized carbons (Fsp3) is 0.571. The van der Waals surface area contributed by atoms with Crippen LogP contribution < -0.4 is 10.1 Å². The molecule has 1 amide bonds. The molecule has 1 saturated carbocycles. The highest BCUT2D eigenvalue weighted by Crippen LogP contribution is 2.34. The van der Waals surface area contributed by atoms with Crippen molar-refractivity contribution in [1.82, 2.24) is 25.3 Å². The second-order valence-electron chi connectivity index (χ2n) is 7.82. The van der Waals surface area contributed by atoms with Crippen molar-refractivity contribution in [2.24, 2.45) is 13.0 Å². The van der Waals surface area contributed by atoms with Gasteiger partial charge in [-0.1, -0.05) is 12.1 Å². The average molecular weight is 467 g/mol. The number of halogens is 2. The molecule has 2 aromatic heterocycles. The smallest absolute Gasteiger partial charge is 0.407 e. The molecule has 2 heterocycles. The van der Waals surface area contributed by atoms with E-state index in [4.69, 9.17) is 9.47 Å². The monoisotopic (exact) mass is 467 g/mol. The quantitative estimate of drug-likeness (QED) is 0.574. The van der Waals surface area contributed by atoms with Gasteiger partial charge in [-0.05, 0) is 44.2 Å². The number of alkyl carbamates (subject to hydrolysis) is 1. The van der Waals surface area contributed by atoms with Crippen molar-refractivity contribution >= 4 is 12.1 Å². The number of nitrogens with one attached hydrogen (secondary N) is 1. The molecule has 0 aromatic carbocycles. The van der Waals surface area contributed by atoms with Gasteiger partial charge in [0.15, 0.2) is 0 Å². The first-order valence-electron chi connectivity index (χ1n) is 10.8. The van der Waals surface area contributed by atoms with Crippen LogP contribution in [0.4, 0.5) is 13.6 Å². The number of carboxylic acids is 1. The maximum absolute atomic E-state index is 13.8. The Labute approximate surface area is 189 Å². The van der Waals surface area contributed by atoms with Gasteiger partial charge in [-0.3, -0.25) is 4.79 Å². The van der Waals surface area contributed by atoms with E-state index in [1.807, 2.05) is 6.92 Å². The summed E-state index contributed by atoms with van der Waals surface area (Å²) in [6.45, 7) is 2.16. The van der Waals surface area contributed by atoms with Gasteiger partial charge in [0.2, 0.25) is 0 Å². The summed E-state index contributed by atoms with van der Waals surface area (Å²) >= 11 is 0. The number of nitrogens with zero attached hydrogens (tertiary/aromatic N) is 4. The lowest BCUT2D eigenvalue weighted by Crippen LogP contribution is -2.29. The van der Waals surface area contributed by atoms with E-state index in [1.165, 1.54) is 16.8 Å². The minimum Gasteiger partial charge on any atom is -0.488 e. The van der Waals surface area contributed by atoms with Crippen LogP contribution in [0, 0.1) is 5.92 Å². The van der Waals surface area contributed by atoms with Gasteiger partial charge in [0.1, 0.15) is 17.1 Å². The number of hydrogen-bond donors (Lipinski definition) is 2. The molecule has 0 radical (unpaired) electrons. The van der Waals surface area contributed by atoms with E-state index in [9.17, 15) is 23.5 Å². The number of ether oxygens (including phenoxy) is 2. The van der Waals surface area contributed by atoms with E-state index in [1.54, 1.807) is 7.05 Å². The van der Waals surface area contributed by atoms with Crippen LogP contribution in [0.2, 0.25) is 0 Å². The molecule has 1 fully saturated rings. The van der Waals surface area contributed by atoms with E-state index >= 15 is 0 Å². The number of pyridine rings is 1. The van der Waals surface area contributed by atoms with Gasteiger partial charge in [0.25, 0.3) is 6.43 Å². The molecule has 2 N–H and O–H groups in total. The second kappa shape index (κ2) is 11.0. The van der Waals surface area contributed by atoms with Gasteiger partial charge in [-0.25, -0.2) is 23.2 Å². The molecule has 0 aliphatic heterocycles. The number of amides is 1. The van der Waals surface area contributed by atoms with Gasteiger partial charge in [-0.2, -0.15) is 0 Å². The first kappa shape index (κ1) is 24.3. The van der Waals surface area contributed by atoms with E-state index in [2.05, 4.69) is 20.6 Å². The Hall–Kier alpha value is -3.31. The summed E-state index contributed by atoms with van der Waals surface area (Å²) in [5, 5.41) is 19.7. The second-order valence-corrected chi connectivity index (χ2v) is 7.82. The van der Waals surface area contributed by atoms with Crippen LogP contribution in [-0.4, -0.2) is 49.9 Å². The zero-order valence-corrected chi connectivity index (χ0v) is 18.5. The summed E-state index contributed by atoms with van der Waals surface area (Å²) in [5.41, 5.74) is 0.292. The highest BCUT2D eigenvalue weighted by atomic mass is 19.3. The molecule has 12 heteroatoms. The number of aryl methyl sites for hydroxylation is 1. The highest BCUT2D eigenvalue weighted by molar-refractivity contribution is 5.70. The van der Waals surface area contributed by atoms with Crippen LogP contribution in [0.15, 0.2) is 12.1 Å². The standard InChI is InChI=1S/C21H27F2N5O5/c1-3-9-32-21(31)24-11-15-17(26-27-28(15)2)14-7-8-16(18(25-14)19(22)23)33-13-6-4-5-12(10-13)20(29)30/h7-8,12-13,19H,3-6,9-11H2,1-2H3,(H,24,31)(H,29,30)/t12-,13-/m0/s1. The molecule has 2 aromatic rings. The molecule has 33 heavy (non-hydrogen) atoms. The van der Waals surface area contributed by atoms with E-state index < -0.39 is 36.2 Å². The normalized spacial score (nSPS) is 18.2. The predicted octanol–water partition coefficient (Wildman–Crippen LogP) is 3.47. The Kier molecular flexibility index (Phi) is 8.12. The van der Waals surface area contributed by atoms with Crippen LogP contribution in [-0.2, 0) is 23.1 Å². The maximum atomic E-state index is 13.8. The summed E-state index contributed by atoms with van der Waals surface area (Å²) in [6.07, 6.45) is -1.29. The molecule has 1 aliphatic carbocycles. The molecular weight excluding hydrogens is 440 g/mol.